The lowest BCUT2D eigenvalue weighted by atomic mass is 9.81. The molecule has 1 atom stereocenters. The zero-order valence-corrected chi connectivity index (χ0v) is 19.1. The number of benzene rings is 2. The number of hydrogen-bond donors (Lipinski definition) is 2. The van der Waals surface area contributed by atoms with Gasteiger partial charge in [-0.05, 0) is 54.3 Å². The number of halogens is 3. The van der Waals surface area contributed by atoms with Crippen LogP contribution < -0.4 is 11.1 Å². The van der Waals surface area contributed by atoms with Crippen LogP contribution in [0.2, 0.25) is 5.15 Å². The van der Waals surface area contributed by atoms with Crippen LogP contribution in [0.3, 0.4) is 0 Å². The number of carbonyl (C=O) groups excluding carboxylic acids is 2. The number of amides is 2. The average Bonchev–Trinajstić information content (AvgIpc) is 3.19. The number of carbonyl (C=O) groups is 2. The minimum atomic E-state index is -0.845. The first kappa shape index (κ1) is 22.7. The molecular formula is C25H18ClF2N5O2. The van der Waals surface area contributed by atoms with Crippen molar-refractivity contribution in [2.45, 2.75) is 19.3 Å². The lowest BCUT2D eigenvalue weighted by Crippen LogP contribution is -2.17. The van der Waals surface area contributed by atoms with Gasteiger partial charge in [0.1, 0.15) is 16.7 Å². The molecule has 2 aromatic heterocycles. The standard InChI is InChI=1S/C25H18ClF2N5O2/c1-12-9-18-21(24(29)34)32-33(20-7-4-13(27)10-19(20)28)22(18)17-11-14(5-6-15(12)17)31-25(35)16-3-2-8-30-23(16)26/h2-8,10-12H,9H2,1H3,(H2,29,34)(H,31,35). The van der Waals surface area contributed by atoms with Gasteiger partial charge in [-0.2, -0.15) is 5.10 Å². The fraction of sp³-hybridized carbons (Fsp3) is 0.120. The van der Waals surface area contributed by atoms with Gasteiger partial charge < -0.3 is 11.1 Å². The third-order valence-electron chi connectivity index (χ3n) is 5.97. The summed E-state index contributed by atoms with van der Waals surface area (Å²) in [4.78, 5) is 28.9. The summed E-state index contributed by atoms with van der Waals surface area (Å²) in [6, 6.07) is 11.6. The Bertz CT molecular complexity index is 1520. The smallest absolute Gasteiger partial charge is 0.269 e. The molecule has 35 heavy (non-hydrogen) atoms. The van der Waals surface area contributed by atoms with Gasteiger partial charge in [0.05, 0.1) is 11.3 Å². The van der Waals surface area contributed by atoms with Crippen molar-refractivity contribution in [1.29, 1.82) is 0 Å². The number of nitrogens with two attached hydrogens (primary N) is 1. The van der Waals surface area contributed by atoms with Gasteiger partial charge in [0.2, 0.25) is 0 Å². The predicted molar refractivity (Wildman–Crippen MR) is 127 cm³/mol. The second-order valence-electron chi connectivity index (χ2n) is 8.25. The molecule has 0 saturated heterocycles. The lowest BCUT2D eigenvalue weighted by Gasteiger charge is -2.25. The molecule has 2 heterocycles. The van der Waals surface area contributed by atoms with E-state index in [2.05, 4.69) is 15.4 Å². The number of rotatable bonds is 4. The van der Waals surface area contributed by atoms with E-state index < -0.39 is 23.4 Å². The van der Waals surface area contributed by atoms with E-state index in [1.165, 1.54) is 16.9 Å². The van der Waals surface area contributed by atoms with Crippen molar-refractivity contribution in [2.24, 2.45) is 5.73 Å². The topological polar surface area (TPSA) is 103 Å². The van der Waals surface area contributed by atoms with Crippen molar-refractivity contribution < 1.29 is 18.4 Å². The number of primary amides is 1. The molecule has 0 bridgehead atoms. The van der Waals surface area contributed by atoms with Crippen LogP contribution in [0, 0.1) is 11.6 Å². The number of fused-ring (bicyclic) bond motifs is 3. The van der Waals surface area contributed by atoms with Crippen LogP contribution in [0.5, 0.6) is 0 Å². The van der Waals surface area contributed by atoms with Gasteiger partial charge in [-0.3, -0.25) is 9.59 Å². The van der Waals surface area contributed by atoms with Crippen LogP contribution in [-0.2, 0) is 6.42 Å². The lowest BCUT2D eigenvalue weighted by molar-refractivity contribution is 0.0992. The fourth-order valence-electron chi connectivity index (χ4n) is 4.38. The Labute approximate surface area is 203 Å². The first-order valence-corrected chi connectivity index (χ1v) is 11.1. The second-order valence-corrected chi connectivity index (χ2v) is 8.61. The summed E-state index contributed by atoms with van der Waals surface area (Å²) in [5, 5.41) is 7.16. The van der Waals surface area contributed by atoms with Gasteiger partial charge in [0, 0.05) is 29.1 Å². The minimum absolute atomic E-state index is 0.0103. The molecule has 7 nitrogen and oxygen atoms in total. The first-order chi connectivity index (χ1) is 16.7. The van der Waals surface area contributed by atoms with E-state index in [1.807, 2.05) is 13.0 Å². The van der Waals surface area contributed by atoms with Gasteiger partial charge in [-0.15, -0.1) is 0 Å². The highest BCUT2D eigenvalue weighted by molar-refractivity contribution is 6.33. The molecule has 2 aromatic carbocycles. The molecule has 5 rings (SSSR count). The van der Waals surface area contributed by atoms with Gasteiger partial charge in [-0.1, -0.05) is 24.6 Å². The summed E-state index contributed by atoms with van der Waals surface area (Å²) < 4.78 is 29.6. The van der Waals surface area contributed by atoms with E-state index >= 15 is 0 Å². The summed E-state index contributed by atoms with van der Waals surface area (Å²) in [7, 11) is 0. The van der Waals surface area contributed by atoms with Crippen molar-refractivity contribution in [1.82, 2.24) is 14.8 Å². The summed E-state index contributed by atoms with van der Waals surface area (Å²) in [5.74, 6) is -2.81. The molecule has 1 aliphatic carbocycles. The molecule has 1 aliphatic rings. The Morgan fingerprint density at radius 2 is 1.97 bits per heavy atom. The van der Waals surface area contributed by atoms with Crippen LogP contribution >= 0.6 is 11.6 Å². The highest BCUT2D eigenvalue weighted by atomic mass is 35.5. The third-order valence-corrected chi connectivity index (χ3v) is 6.27. The first-order valence-electron chi connectivity index (χ1n) is 10.7. The maximum absolute atomic E-state index is 14.8. The molecule has 0 spiro atoms. The van der Waals surface area contributed by atoms with E-state index in [9.17, 15) is 18.4 Å². The Hall–Kier alpha value is -4.11. The maximum atomic E-state index is 14.8. The third kappa shape index (κ3) is 3.93. The number of aromatic nitrogens is 3. The number of nitrogens with one attached hydrogen (secondary N) is 1. The zero-order chi connectivity index (χ0) is 24.9. The fourth-order valence-corrected chi connectivity index (χ4v) is 4.59. The molecule has 2 amide bonds. The number of hydrogen-bond acceptors (Lipinski definition) is 4. The Balaban J connectivity index is 1.66. The molecular weight excluding hydrogens is 476 g/mol. The Morgan fingerprint density at radius 3 is 2.69 bits per heavy atom. The number of nitrogens with zero attached hydrogens (tertiary/aromatic N) is 3. The van der Waals surface area contributed by atoms with E-state index in [0.29, 0.717) is 28.9 Å². The molecule has 1 unspecified atom stereocenters. The molecule has 0 fully saturated rings. The molecule has 0 radical (unpaired) electrons. The molecule has 0 aliphatic heterocycles. The van der Waals surface area contributed by atoms with Crippen LogP contribution in [0.4, 0.5) is 14.5 Å². The SMILES string of the molecule is CC1Cc2c(C(N)=O)nn(-c3ccc(F)cc3F)c2-c2cc(NC(=O)c3cccnc3Cl)ccc21. The highest BCUT2D eigenvalue weighted by Gasteiger charge is 2.32. The van der Waals surface area contributed by atoms with E-state index in [0.717, 1.165) is 17.7 Å². The van der Waals surface area contributed by atoms with Gasteiger partial charge in [0.25, 0.3) is 11.8 Å². The molecule has 4 aromatic rings. The van der Waals surface area contributed by atoms with E-state index in [-0.39, 0.29) is 28.0 Å². The van der Waals surface area contributed by atoms with Crippen molar-refractivity contribution in [3.63, 3.8) is 0 Å². The average molecular weight is 494 g/mol. The molecule has 176 valence electrons. The number of pyridine rings is 1. The van der Waals surface area contributed by atoms with Gasteiger partial charge in [0.15, 0.2) is 11.5 Å². The maximum Gasteiger partial charge on any atom is 0.269 e. The monoisotopic (exact) mass is 493 g/mol. The number of anilines is 1. The normalized spacial score (nSPS) is 14.2. The van der Waals surface area contributed by atoms with Crippen LogP contribution in [-0.4, -0.2) is 26.6 Å². The quantitative estimate of drug-likeness (QED) is 0.395. The summed E-state index contributed by atoms with van der Waals surface area (Å²) >= 11 is 6.04. The minimum Gasteiger partial charge on any atom is -0.364 e. The Morgan fingerprint density at radius 1 is 1.17 bits per heavy atom. The van der Waals surface area contributed by atoms with Gasteiger partial charge in [-0.25, -0.2) is 18.4 Å². The molecule has 3 N–H and O–H groups in total. The van der Waals surface area contributed by atoms with Crippen molar-refractivity contribution >= 4 is 29.1 Å². The largest absolute Gasteiger partial charge is 0.364 e. The molecule has 10 heteroatoms. The summed E-state index contributed by atoms with van der Waals surface area (Å²) in [5.41, 5.74) is 8.77. The van der Waals surface area contributed by atoms with Crippen molar-refractivity contribution in [2.75, 3.05) is 5.32 Å². The highest BCUT2D eigenvalue weighted by Crippen LogP contribution is 2.43. The van der Waals surface area contributed by atoms with E-state index in [4.69, 9.17) is 17.3 Å². The summed E-state index contributed by atoms with van der Waals surface area (Å²) in [6.45, 7) is 1.98. The Kier molecular flexibility index (Phi) is 5.56. The van der Waals surface area contributed by atoms with Crippen molar-refractivity contribution in [3.05, 3.63) is 93.9 Å². The van der Waals surface area contributed by atoms with Crippen molar-refractivity contribution in [3.8, 4) is 16.9 Å². The van der Waals surface area contributed by atoms with Crippen LogP contribution in [0.15, 0.2) is 54.7 Å². The second kappa shape index (κ2) is 8.59. The van der Waals surface area contributed by atoms with Crippen LogP contribution in [0.1, 0.15) is 44.8 Å². The van der Waals surface area contributed by atoms with Gasteiger partial charge >= 0.3 is 0 Å². The predicted octanol–water partition coefficient (Wildman–Crippen LogP) is 4.88. The summed E-state index contributed by atoms with van der Waals surface area (Å²) in [6.07, 6.45) is 1.92. The molecule has 0 saturated carbocycles. The zero-order valence-electron chi connectivity index (χ0n) is 18.3. The van der Waals surface area contributed by atoms with E-state index in [1.54, 1.807) is 24.3 Å². The van der Waals surface area contributed by atoms with Crippen LogP contribution in [0.25, 0.3) is 16.9 Å².